The van der Waals surface area contributed by atoms with Crippen LogP contribution in [0.2, 0.25) is 5.02 Å². The number of ether oxygens (including phenoxy) is 1. The van der Waals surface area contributed by atoms with Gasteiger partial charge >= 0.3 is 5.97 Å². The minimum absolute atomic E-state index is 0.0141. The summed E-state index contributed by atoms with van der Waals surface area (Å²) in [6, 6.07) is 16.7. The summed E-state index contributed by atoms with van der Waals surface area (Å²) in [6.45, 7) is 3.89. The van der Waals surface area contributed by atoms with Gasteiger partial charge in [0.15, 0.2) is 0 Å². The maximum absolute atomic E-state index is 12.3. The Kier molecular flexibility index (Phi) is 5.93. The number of hydrogen-bond donors (Lipinski definition) is 0. The van der Waals surface area contributed by atoms with E-state index in [1.54, 1.807) is 24.4 Å². The average Bonchev–Trinajstić information content (AvgIpc) is 2.98. The molecule has 28 heavy (non-hydrogen) atoms. The van der Waals surface area contributed by atoms with Gasteiger partial charge in [-0.3, -0.25) is 4.98 Å². The molecule has 0 spiro atoms. The third-order valence-corrected chi connectivity index (χ3v) is 4.49. The van der Waals surface area contributed by atoms with E-state index in [1.165, 1.54) is 0 Å². The van der Waals surface area contributed by atoms with Crippen LogP contribution in [0.3, 0.4) is 0 Å². The second kappa shape index (κ2) is 8.55. The molecule has 2 aromatic heterocycles. The number of aryl methyl sites for hydroxylation is 1. The van der Waals surface area contributed by atoms with E-state index in [9.17, 15) is 10.1 Å². The highest BCUT2D eigenvalue weighted by Gasteiger charge is 2.15. The molecule has 0 bridgehead atoms. The van der Waals surface area contributed by atoms with Crippen molar-refractivity contribution in [3.63, 3.8) is 0 Å². The fourth-order valence-electron chi connectivity index (χ4n) is 2.94. The van der Waals surface area contributed by atoms with Gasteiger partial charge in [0.05, 0.1) is 5.69 Å². The molecule has 0 saturated heterocycles. The minimum atomic E-state index is -0.680. The van der Waals surface area contributed by atoms with E-state index in [2.05, 4.69) is 4.98 Å². The van der Waals surface area contributed by atoms with E-state index in [-0.39, 0.29) is 12.2 Å². The Morgan fingerprint density at radius 1 is 1.25 bits per heavy atom. The summed E-state index contributed by atoms with van der Waals surface area (Å²) in [6.07, 6.45) is 3.17. The van der Waals surface area contributed by atoms with Crippen molar-refractivity contribution in [3.8, 4) is 11.8 Å². The lowest BCUT2D eigenvalue weighted by molar-refractivity contribution is -0.139. The molecule has 140 valence electrons. The smallest absolute Gasteiger partial charge is 0.349 e. The van der Waals surface area contributed by atoms with Gasteiger partial charge in [-0.1, -0.05) is 23.7 Å². The quantitative estimate of drug-likeness (QED) is 0.356. The van der Waals surface area contributed by atoms with Crippen LogP contribution >= 0.6 is 11.6 Å². The van der Waals surface area contributed by atoms with Crippen LogP contribution in [0, 0.1) is 25.2 Å². The fourth-order valence-corrected chi connectivity index (χ4v) is 3.12. The number of pyridine rings is 1. The molecule has 0 aliphatic carbocycles. The number of hydrogen-bond acceptors (Lipinski definition) is 4. The van der Waals surface area contributed by atoms with Crippen molar-refractivity contribution >= 4 is 23.6 Å². The predicted octanol–water partition coefficient (Wildman–Crippen LogP) is 4.79. The highest BCUT2D eigenvalue weighted by Crippen LogP contribution is 2.24. The molecule has 3 rings (SSSR count). The van der Waals surface area contributed by atoms with Gasteiger partial charge in [0.25, 0.3) is 0 Å². The number of nitrogens with zero attached hydrogens (tertiary/aromatic N) is 3. The number of benzene rings is 1. The Bertz CT molecular complexity index is 1080. The van der Waals surface area contributed by atoms with Crippen molar-refractivity contribution in [2.75, 3.05) is 0 Å². The molecule has 2 heterocycles. The average molecular weight is 392 g/mol. The predicted molar refractivity (Wildman–Crippen MR) is 108 cm³/mol. The largest absolute Gasteiger partial charge is 0.455 e. The van der Waals surface area contributed by atoms with E-state index >= 15 is 0 Å². The highest BCUT2D eigenvalue weighted by molar-refractivity contribution is 6.30. The zero-order valence-electron chi connectivity index (χ0n) is 15.5. The zero-order chi connectivity index (χ0) is 20.1. The number of rotatable bonds is 5. The minimum Gasteiger partial charge on any atom is -0.455 e. The van der Waals surface area contributed by atoms with E-state index in [0.29, 0.717) is 10.7 Å². The summed E-state index contributed by atoms with van der Waals surface area (Å²) in [5.74, 6) is -0.680. The molecular formula is C22H18ClN3O2. The normalized spacial score (nSPS) is 11.1. The summed E-state index contributed by atoms with van der Waals surface area (Å²) in [5.41, 5.74) is 4.09. The van der Waals surface area contributed by atoms with E-state index in [0.717, 1.165) is 22.6 Å². The van der Waals surface area contributed by atoms with Crippen LogP contribution in [-0.2, 0) is 16.1 Å². The van der Waals surface area contributed by atoms with Gasteiger partial charge in [-0.15, -0.1) is 0 Å². The zero-order valence-corrected chi connectivity index (χ0v) is 16.3. The topological polar surface area (TPSA) is 67.9 Å². The molecule has 5 nitrogen and oxygen atoms in total. The van der Waals surface area contributed by atoms with Gasteiger partial charge in [-0.25, -0.2) is 4.79 Å². The summed E-state index contributed by atoms with van der Waals surface area (Å²) < 4.78 is 7.23. The molecule has 3 aromatic rings. The number of carbonyl (C=O) groups is 1. The molecular weight excluding hydrogens is 374 g/mol. The Labute approximate surface area is 168 Å². The maximum atomic E-state index is 12.3. The number of carbonyl (C=O) groups excluding carboxylic acids is 1. The van der Waals surface area contributed by atoms with Crippen LogP contribution in [0.5, 0.6) is 0 Å². The Morgan fingerprint density at radius 3 is 2.75 bits per heavy atom. The van der Waals surface area contributed by atoms with Crippen LogP contribution in [0.4, 0.5) is 0 Å². The lowest BCUT2D eigenvalue weighted by Crippen LogP contribution is -2.07. The highest BCUT2D eigenvalue weighted by atomic mass is 35.5. The van der Waals surface area contributed by atoms with Gasteiger partial charge in [0.2, 0.25) is 0 Å². The Hall–Kier alpha value is -3.36. The Morgan fingerprint density at radius 2 is 2.07 bits per heavy atom. The van der Waals surface area contributed by atoms with Gasteiger partial charge in [0, 0.05) is 28.3 Å². The van der Waals surface area contributed by atoms with Gasteiger partial charge < -0.3 is 9.30 Å². The number of halogens is 1. The molecule has 0 N–H and O–H groups in total. The van der Waals surface area contributed by atoms with E-state index in [1.807, 2.05) is 60.9 Å². The van der Waals surface area contributed by atoms with Crippen molar-refractivity contribution in [2.24, 2.45) is 0 Å². The number of esters is 1. The summed E-state index contributed by atoms with van der Waals surface area (Å²) in [7, 11) is 0. The van der Waals surface area contributed by atoms with Crippen molar-refractivity contribution in [1.29, 1.82) is 5.26 Å². The molecule has 0 unspecified atom stereocenters. The summed E-state index contributed by atoms with van der Waals surface area (Å²) >= 11 is 6.11. The van der Waals surface area contributed by atoms with Crippen molar-refractivity contribution in [1.82, 2.24) is 9.55 Å². The Balaban J connectivity index is 1.86. The molecule has 0 aliphatic heterocycles. The lowest BCUT2D eigenvalue weighted by Gasteiger charge is -2.10. The molecule has 0 fully saturated rings. The monoisotopic (exact) mass is 391 g/mol. The number of nitriles is 1. The first-order valence-electron chi connectivity index (χ1n) is 8.63. The van der Waals surface area contributed by atoms with Crippen LogP contribution in [0.15, 0.2) is 60.3 Å². The van der Waals surface area contributed by atoms with Crippen molar-refractivity contribution in [2.45, 2.75) is 20.5 Å². The second-order valence-electron chi connectivity index (χ2n) is 6.21. The fraction of sp³-hybridized carbons (Fsp3) is 0.136. The number of aromatic nitrogens is 2. The van der Waals surface area contributed by atoms with Crippen molar-refractivity contribution < 1.29 is 9.53 Å². The van der Waals surface area contributed by atoms with Gasteiger partial charge in [-0.05, 0) is 61.9 Å². The van der Waals surface area contributed by atoms with Gasteiger partial charge in [-0.2, -0.15) is 5.26 Å². The molecule has 0 amide bonds. The molecule has 1 aromatic carbocycles. The molecule has 0 saturated carbocycles. The second-order valence-corrected chi connectivity index (χ2v) is 6.65. The third kappa shape index (κ3) is 4.30. The first kappa shape index (κ1) is 19.4. The van der Waals surface area contributed by atoms with Crippen LogP contribution in [-0.4, -0.2) is 15.5 Å². The van der Waals surface area contributed by atoms with Gasteiger partial charge in [0.1, 0.15) is 18.2 Å². The van der Waals surface area contributed by atoms with Crippen LogP contribution in [0.1, 0.15) is 22.6 Å². The standard InChI is InChI=1S/C22H18ClN3O2/c1-15-10-17(16(2)26(15)21-8-5-6-19(23)12-21)11-18(13-24)22(27)28-14-20-7-3-4-9-25-20/h3-12H,14H2,1-2H3/b18-11-. The lowest BCUT2D eigenvalue weighted by atomic mass is 10.1. The van der Waals surface area contributed by atoms with E-state index in [4.69, 9.17) is 16.3 Å². The van der Waals surface area contributed by atoms with Crippen LogP contribution in [0.25, 0.3) is 11.8 Å². The van der Waals surface area contributed by atoms with E-state index < -0.39 is 5.97 Å². The molecule has 6 heteroatoms. The first-order valence-corrected chi connectivity index (χ1v) is 9.01. The van der Waals surface area contributed by atoms with Crippen molar-refractivity contribution in [3.05, 3.63) is 88.0 Å². The first-order chi connectivity index (χ1) is 13.5. The maximum Gasteiger partial charge on any atom is 0.349 e. The SMILES string of the molecule is Cc1cc(/C=C(/C#N)C(=O)OCc2ccccn2)c(C)n1-c1cccc(Cl)c1. The molecule has 0 radical (unpaired) electrons. The summed E-state index contributed by atoms with van der Waals surface area (Å²) in [5, 5.41) is 10.1. The summed E-state index contributed by atoms with van der Waals surface area (Å²) in [4.78, 5) is 16.4. The van der Waals surface area contributed by atoms with Crippen LogP contribution < -0.4 is 0 Å². The molecule has 0 aliphatic rings. The molecule has 0 atom stereocenters. The third-order valence-electron chi connectivity index (χ3n) is 4.25.